The molecule has 2 aliphatic heterocycles. The van der Waals surface area contributed by atoms with Gasteiger partial charge in [0, 0.05) is 74.2 Å². The molecule has 2 saturated heterocycles. The predicted octanol–water partition coefficient (Wildman–Crippen LogP) is 0.741. The Bertz CT molecular complexity index is 1330. The van der Waals surface area contributed by atoms with E-state index in [0.717, 1.165) is 42.6 Å². The summed E-state index contributed by atoms with van der Waals surface area (Å²) < 4.78 is 22.2. The van der Waals surface area contributed by atoms with E-state index in [9.17, 15) is 4.21 Å². The van der Waals surface area contributed by atoms with Crippen molar-refractivity contribution in [1.29, 1.82) is 0 Å². The fourth-order valence-corrected chi connectivity index (χ4v) is 5.54. The number of fused-ring (bicyclic) bond motifs is 1. The summed E-state index contributed by atoms with van der Waals surface area (Å²) in [4.78, 5) is 27.8. The smallest absolute Gasteiger partial charge is 0.219 e. The van der Waals surface area contributed by atoms with Crippen LogP contribution in [0.3, 0.4) is 0 Å². The Labute approximate surface area is 211 Å². The summed E-state index contributed by atoms with van der Waals surface area (Å²) in [5, 5.41) is 0. The zero-order valence-corrected chi connectivity index (χ0v) is 21.9. The number of piperazine rings is 1. The van der Waals surface area contributed by atoms with Gasteiger partial charge in [-0.1, -0.05) is 13.8 Å². The van der Waals surface area contributed by atoms with E-state index in [1.807, 2.05) is 4.31 Å². The molecule has 3 aromatic heterocycles. The summed E-state index contributed by atoms with van der Waals surface area (Å²) in [7, 11) is -2.23. The van der Waals surface area contributed by atoms with Crippen molar-refractivity contribution >= 4 is 44.5 Å². The first-order chi connectivity index (χ1) is 17.2. The van der Waals surface area contributed by atoms with Crippen molar-refractivity contribution in [2.75, 3.05) is 74.3 Å². The fourth-order valence-electron chi connectivity index (χ4n) is 4.60. The van der Waals surface area contributed by atoms with E-state index in [0.29, 0.717) is 56.7 Å². The van der Waals surface area contributed by atoms with Crippen LogP contribution in [0.25, 0.3) is 22.6 Å². The number of hydrogen-bond donors (Lipinski definition) is 1. The number of morpholine rings is 1. The Morgan fingerprint density at radius 1 is 1.03 bits per heavy atom. The van der Waals surface area contributed by atoms with Crippen molar-refractivity contribution in [1.82, 2.24) is 33.8 Å². The van der Waals surface area contributed by atoms with Crippen LogP contribution < -0.4 is 15.5 Å². The monoisotopic (exact) mass is 514 g/mol. The molecule has 0 saturated carbocycles. The van der Waals surface area contributed by atoms with Crippen molar-refractivity contribution in [3.63, 3.8) is 0 Å². The highest BCUT2D eigenvalue weighted by Crippen LogP contribution is 2.32. The van der Waals surface area contributed by atoms with Gasteiger partial charge in [0.15, 0.2) is 22.8 Å². The number of hydrogen-bond acceptors (Lipinski definition) is 10. The first-order valence-electron chi connectivity index (χ1n) is 12.2. The Balaban J connectivity index is 1.64. The van der Waals surface area contributed by atoms with Gasteiger partial charge in [-0.2, -0.15) is 0 Å². The molecule has 2 aliphatic rings. The summed E-state index contributed by atoms with van der Waals surface area (Å²) in [6.07, 6.45) is 5.00. The molecule has 1 unspecified atom stereocenters. The molecule has 0 aliphatic carbocycles. The first kappa shape index (κ1) is 24.7. The number of rotatable bonds is 6. The van der Waals surface area contributed by atoms with Crippen LogP contribution in [0.4, 0.5) is 17.7 Å². The van der Waals surface area contributed by atoms with Crippen LogP contribution in [0.15, 0.2) is 12.4 Å². The molecular formula is C23H34N10O2S. The zero-order chi connectivity index (χ0) is 25.4. The van der Waals surface area contributed by atoms with Crippen LogP contribution in [-0.4, -0.2) is 103 Å². The van der Waals surface area contributed by atoms with Gasteiger partial charge < -0.3 is 20.3 Å². The summed E-state index contributed by atoms with van der Waals surface area (Å²) in [6, 6.07) is 0. The van der Waals surface area contributed by atoms with Crippen LogP contribution in [-0.2, 0) is 21.0 Å². The summed E-state index contributed by atoms with van der Waals surface area (Å²) >= 11 is 0. The standard InChI is InChI=1S/C23H34N10O2S/c1-16(2)15-33-21-18(27-23(33)31-5-7-32(8-6-31)36(3,4)34)20(30-9-11-35-12-10-30)28-19(29-21)17-13-25-22(24)26-14-17/h13-14,16H,3,5-12,15H2,1-2,4H3,(H2,24,25,26). The molecule has 5 rings (SSSR count). The Kier molecular flexibility index (Phi) is 6.70. The Hall–Kier alpha value is -3.03. The van der Waals surface area contributed by atoms with Gasteiger partial charge >= 0.3 is 0 Å². The van der Waals surface area contributed by atoms with E-state index in [1.165, 1.54) is 0 Å². The summed E-state index contributed by atoms with van der Waals surface area (Å²) in [6.45, 7) is 10.6. The molecule has 13 heteroatoms. The largest absolute Gasteiger partial charge is 0.378 e. The molecule has 194 valence electrons. The minimum absolute atomic E-state index is 0.206. The second-order valence-electron chi connectivity index (χ2n) is 9.76. The van der Waals surface area contributed by atoms with E-state index >= 15 is 0 Å². The van der Waals surface area contributed by atoms with E-state index < -0.39 is 9.71 Å². The van der Waals surface area contributed by atoms with Gasteiger partial charge in [-0.15, -0.1) is 0 Å². The Morgan fingerprint density at radius 2 is 1.69 bits per heavy atom. The second kappa shape index (κ2) is 9.79. The van der Waals surface area contributed by atoms with Crippen molar-refractivity contribution in [3.05, 3.63) is 12.4 Å². The molecule has 2 fully saturated rings. The molecule has 0 bridgehead atoms. The van der Waals surface area contributed by atoms with Gasteiger partial charge in [-0.25, -0.2) is 29.2 Å². The maximum absolute atomic E-state index is 12.5. The van der Waals surface area contributed by atoms with Crippen molar-refractivity contribution in [2.45, 2.75) is 20.4 Å². The summed E-state index contributed by atoms with van der Waals surface area (Å²) in [5.74, 6) is 6.62. The third-order valence-electron chi connectivity index (χ3n) is 6.41. The lowest BCUT2D eigenvalue weighted by Crippen LogP contribution is -2.49. The quantitative estimate of drug-likeness (QED) is 0.470. The predicted molar refractivity (Wildman–Crippen MR) is 144 cm³/mol. The lowest BCUT2D eigenvalue weighted by Gasteiger charge is -2.36. The number of imidazole rings is 1. The first-order valence-corrected chi connectivity index (χ1v) is 14.3. The summed E-state index contributed by atoms with van der Waals surface area (Å²) in [5.41, 5.74) is 7.96. The number of nitrogen functional groups attached to an aromatic ring is 1. The van der Waals surface area contributed by atoms with Gasteiger partial charge in [-0.3, -0.25) is 8.78 Å². The molecule has 1 atom stereocenters. The third-order valence-corrected chi connectivity index (χ3v) is 7.87. The number of nitrogens with two attached hydrogens (primary N) is 1. The highest BCUT2D eigenvalue weighted by atomic mass is 32.2. The minimum atomic E-state index is -2.23. The van der Waals surface area contributed by atoms with Crippen LogP contribution >= 0.6 is 0 Å². The maximum Gasteiger partial charge on any atom is 0.219 e. The van der Waals surface area contributed by atoms with Crippen molar-refractivity contribution < 1.29 is 8.95 Å². The van der Waals surface area contributed by atoms with Crippen LogP contribution in [0, 0.1) is 5.92 Å². The van der Waals surface area contributed by atoms with Gasteiger partial charge in [0.05, 0.1) is 18.8 Å². The number of aromatic nitrogens is 6. The molecule has 0 aromatic carbocycles. The highest BCUT2D eigenvalue weighted by molar-refractivity contribution is 7.97. The topological polar surface area (TPSA) is 131 Å². The molecule has 3 aromatic rings. The van der Waals surface area contributed by atoms with Gasteiger partial charge in [0.1, 0.15) is 0 Å². The molecule has 0 radical (unpaired) electrons. The molecule has 0 spiro atoms. The van der Waals surface area contributed by atoms with E-state index in [1.54, 1.807) is 18.6 Å². The molecule has 36 heavy (non-hydrogen) atoms. The molecule has 12 nitrogen and oxygen atoms in total. The number of nitrogens with zero attached hydrogens (tertiary/aromatic N) is 9. The molecule has 2 N–H and O–H groups in total. The minimum Gasteiger partial charge on any atom is -0.378 e. The lowest BCUT2D eigenvalue weighted by molar-refractivity contribution is 0.122. The average molecular weight is 515 g/mol. The van der Waals surface area contributed by atoms with Crippen LogP contribution in [0.2, 0.25) is 0 Å². The van der Waals surface area contributed by atoms with Gasteiger partial charge in [0.2, 0.25) is 11.9 Å². The second-order valence-corrected chi connectivity index (χ2v) is 12.2. The SMILES string of the molecule is C=S(C)(=O)N1CCN(c2nc3c(N4CCOCC4)nc(-c4cnc(N)nc4)nc3n2CC(C)C)CC1. The fraction of sp³-hybridized carbons (Fsp3) is 0.565. The number of ether oxygens (including phenoxy) is 1. The zero-order valence-electron chi connectivity index (χ0n) is 21.1. The van der Waals surface area contributed by atoms with Gasteiger partial charge in [0.25, 0.3) is 0 Å². The molecule has 0 amide bonds. The highest BCUT2D eigenvalue weighted by Gasteiger charge is 2.28. The Morgan fingerprint density at radius 3 is 2.31 bits per heavy atom. The van der Waals surface area contributed by atoms with Crippen LogP contribution in [0.5, 0.6) is 0 Å². The van der Waals surface area contributed by atoms with Gasteiger partial charge in [-0.05, 0) is 11.8 Å². The van der Waals surface area contributed by atoms with Crippen LogP contribution in [0.1, 0.15) is 13.8 Å². The lowest BCUT2D eigenvalue weighted by atomic mass is 10.2. The van der Waals surface area contributed by atoms with Crippen molar-refractivity contribution in [2.24, 2.45) is 5.92 Å². The number of anilines is 3. The molecule has 5 heterocycles. The van der Waals surface area contributed by atoms with E-state index in [2.05, 4.69) is 44.1 Å². The third kappa shape index (κ3) is 4.95. The molecular weight excluding hydrogens is 480 g/mol. The van der Waals surface area contributed by atoms with E-state index in [4.69, 9.17) is 25.4 Å². The van der Waals surface area contributed by atoms with E-state index in [-0.39, 0.29) is 5.95 Å². The average Bonchev–Trinajstić information content (AvgIpc) is 3.21. The maximum atomic E-state index is 12.5. The normalized spacial score (nSPS) is 19.2. The van der Waals surface area contributed by atoms with Crippen molar-refractivity contribution in [3.8, 4) is 11.4 Å².